The number of benzene rings is 2. The summed E-state index contributed by atoms with van der Waals surface area (Å²) >= 11 is 5.52. The zero-order valence-corrected chi connectivity index (χ0v) is 15.5. The van der Waals surface area contributed by atoms with Gasteiger partial charge < -0.3 is 10.6 Å². The number of nitrogens with one attached hydrogen (secondary N) is 2. The molecule has 2 aromatic rings. The van der Waals surface area contributed by atoms with Gasteiger partial charge in [0, 0.05) is 5.69 Å². The maximum Gasteiger partial charge on any atom is 0.171 e. The van der Waals surface area contributed by atoms with E-state index in [1.165, 1.54) is 27.8 Å². The summed E-state index contributed by atoms with van der Waals surface area (Å²) in [6.45, 7) is 10.6. The Kier molecular flexibility index (Phi) is 5.78. The van der Waals surface area contributed by atoms with Crippen LogP contribution in [0.1, 0.15) is 47.2 Å². The van der Waals surface area contributed by atoms with Gasteiger partial charge in [-0.05, 0) is 80.2 Å². The Morgan fingerprint density at radius 2 is 1.65 bits per heavy atom. The minimum absolute atomic E-state index is 0.222. The fourth-order valence-corrected chi connectivity index (χ4v) is 2.84. The molecule has 0 amide bonds. The molecule has 0 saturated carbocycles. The summed E-state index contributed by atoms with van der Waals surface area (Å²) in [5, 5.41) is 7.45. The lowest BCUT2D eigenvalue weighted by Crippen LogP contribution is -2.32. The summed E-state index contributed by atoms with van der Waals surface area (Å²) in [5.41, 5.74) is 7.40. The molecule has 0 aliphatic rings. The van der Waals surface area contributed by atoms with Crippen molar-refractivity contribution in [3.05, 3.63) is 64.2 Å². The topological polar surface area (TPSA) is 24.1 Å². The molecule has 122 valence electrons. The summed E-state index contributed by atoms with van der Waals surface area (Å²) < 4.78 is 0. The molecule has 0 heterocycles. The summed E-state index contributed by atoms with van der Waals surface area (Å²) in [5.74, 6) is 0. The van der Waals surface area contributed by atoms with Crippen molar-refractivity contribution in [3.8, 4) is 0 Å². The van der Waals surface area contributed by atoms with E-state index in [4.69, 9.17) is 12.2 Å². The summed E-state index contributed by atoms with van der Waals surface area (Å²) in [4.78, 5) is 0. The first-order valence-corrected chi connectivity index (χ1v) is 8.53. The lowest BCUT2D eigenvalue weighted by atomic mass is 9.99. The van der Waals surface area contributed by atoms with E-state index >= 15 is 0 Å². The van der Waals surface area contributed by atoms with Gasteiger partial charge in [-0.2, -0.15) is 0 Å². The largest absolute Gasteiger partial charge is 0.356 e. The highest BCUT2D eigenvalue weighted by Gasteiger charge is 2.12. The van der Waals surface area contributed by atoms with Crippen LogP contribution in [0.4, 0.5) is 5.69 Å². The standard InChI is InChI=1S/C20H26N2S/c1-6-18(17-10-9-14(3)16(5)12-17)21-20(23)22-19-11-13(2)7-8-15(19)4/h7-12,18H,6H2,1-5H3,(H2,21,22,23)/t18-/m0/s1. The van der Waals surface area contributed by atoms with Crippen molar-refractivity contribution in [1.29, 1.82) is 0 Å². The Bertz CT molecular complexity index is 707. The van der Waals surface area contributed by atoms with Crippen LogP contribution < -0.4 is 10.6 Å². The van der Waals surface area contributed by atoms with Gasteiger partial charge in [-0.3, -0.25) is 0 Å². The average Bonchev–Trinajstić information content (AvgIpc) is 2.51. The molecule has 3 heteroatoms. The molecular formula is C20H26N2S. The first kappa shape index (κ1) is 17.5. The van der Waals surface area contributed by atoms with E-state index in [0.29, 0.717) is 5.11 Å². The zero-order valence-electron chi connectivity index (χ0n) is 14.7. The minimum Gasteiger partial charge on any atom is -0.356 e. The van der Waals surface area contributed by atoms with Gasteiger partial charge in [0.25, 0.3) is 0 Å². The molecule has 2 N–H and O–H groups in total. The summed E-state index contributed by atoms with van der Waals surface area (Å²) in [7, 11) is 0. The SMILES string of the molecule is CC[C@H](NC(=S)Nc1cc(C)ccc1C)c1ccc(C)c(C)c1. The molecule has 0 fully saturated rings. The van der Waals surface area contributed by atoms with Crippen LogP contribution >= 0.6 is 12.2 Å². The van der Waals surface area contributed by atoms with Crippen LogP contribution in [0.2, 0.25) is 0 Å². The lowest BCUT2D eigenvalue weighted by Gasteiger charge is -2.21. The van der Waals surface area contributed by atoms with Crippen LogP contribution in [-0.2, 0) is 0 Å². The number of hydrogen-bond donors (Lipinski definition) is 2. The highest BCUT2D eigenvalue weighted by atomic mass is 32.1. The van der Waals surface area contributed by atoms with Crippen LogP contribution in [0, 0.1) is 27.7 Å². The first-order chi connectivity index (χ1) is 10.9. The van der Waals surface area contributed by atoms with Crippen LogP contribution in [0.5, 0.6) is 0 Å². The molecule has 2 aromatic carbocycles. The third kappa shape index (κ3) is 4.55. The molecule has 23 heavy (non-hydrogen) atoms. The molecule has 0 unspecified atom stereocenters. The molecule has 0 aromatic heterocycles. The number of rotatable bonds is 4. The van der Waals surface area contributed by atoms with Crippen molar-refractivity contribution in [2.75, 3.05) is 5.32 Å². The second-order valence-electron chi connectivity index (χ2n) is 6.22. The fraction of sp³-hybridized carbons (Fsp3) is 0.350. The van der Waals surface area contributed by atoms with Crippen LogP contribution in [-0.4, -0.2) is 5.11 Å². The third-order valence-electron chi connectivity index (χ3n) is 4.29. The van der Waals surface area contributed by atoms with Crippen LogP contribution in [0.15, 0.2) is 36.4 Å². The van der Waals surface area contributed by atoms with E-state index in [2.05, 4.69) is 81.7 Å². The maximum absolute atomic E-state index is 5.52. The Labute approximate surface area is 145 Å². The summed E-state index contributed by atoms with van der Waals surface area (Å²) in [6.07, 6.45) is 0.983. The lowest BCUT2D eigenvalue weighted by molar-refractivity contribution is 0.628. The Hall–Kier alpha value is -1.87. The van der Waals surface area contributed by atoms with Gasteiger partial charge in [-0.1, -0.05) is 37.3 Å². The Morgan fingerprint density at radius 1 is 0.957 bits per heavy atom. The number of anilines is 1. The normalized spacial score (nSPS) is 11.9. The molecular weight excluding hydrogens is 300 g/mol. The van der Waals surface area contributed by atoms with Gasteiger partial charge in [0.2, 0.25) is 0 Å². The molecule has 0 radical (unpaired) electrons. The molecule has 0 aliphatic carbocycles. The average molecular weight is 327 g/mol. The van der Waals surface area contributed by atoms with E-state index in [1.807, 2.05) is 0 Å². The van der Waals surface area contributed by atoms with E-state index in [0.717, 1.165) is 12.1 Å². The summed E-state index contributed by atoms with van der Waals surface area (Å²) in [6, 6.07) is 13.2. The van der Waals surface area contributed by atoms with E-state index < -0.39 is 0 Å². The Morgan fingerprint density at radius 3 is 2.30 bits per heavy atom. The smallest absolute Gasteiger partial charge is 0.171 e. The van der Waals surface area contributed by atoms with Gasteiger partial charge in [0.1, 0.15) is 0 Å². The molecule has 1 atom stereocenters. The van der Waals surface area contributed by atoms with E-state index in [-0.39, 0.29) is 6.04 Å². The van der Waals surface area contributed by atoms with Crippen molar-refractivity contribution in [2.24, 2.45) is 0 Å². The van der Waals surface area contributed by atoms with Gasteiger partial charge in [-0.25, -0.2) is 0 Å². The highest BCUT2D eigenvalue weighted by Crippen LogP contribution is 2.21. The maximum atomic E-state index is 5.52. The fourth-order valence-electron chi connectivity index (χ4n) is 2.59. The van der Waals surface area contributed by atoms with Crippen molar-refractivity contribution >= 4 is 23.0 Å². The minimum atomic E-state index is 0.222. The van der Waals surface area contributed by atoms with Gasteiger partial charge in [0.15, 0.2) is 5.11 Å². The molecule has 0 bridgehead atoms. The molecule has 2 nitrogen and oxygen atoms in total. The van der Waals surface area contributed by atoms with Crippen molar-refractivity contribution in [1.82, 2.24) is 5.32 Å². The predicted octanol–water partition coefficient (Wildman–Crippen LogP) is 5.36. The van der Waals surface area contributed by atoms with Crippen molar-refractivity contribution in [3.63, 3.8) is 0 Å². The Balaban J connectivity index is 2.10. The van der Waals surface area contributed by atoms with Gasteiger partial charge in [-0.15, -0.1) is 0 Å². The predicted molar refractivity (Wildman–Crippen MR) is 104 cm³/mol. The van der Waals surface area contributed by atoms with Gasteiger partial charge in [0.05, 0.1) is 6.04 Å². The van der Waals surface area contributed by atoms with Crippen LogP contribution in [0.3, 0.4) is 0 Å². The monoisotopic (exact) mass is 326 g/mol. The zero-order chi connectivity index (χ0) is 17.0. The van der Waals surface area contributed by atoms with Crippen molar-refractivity contribution < 1.29 is 0 Å². The molecule has 0 saturated heterocycles. The molecule has 2 rings (SSSR count). The third-order valence-corrected chi connectivity index (χ3v) is 4.51. The van der Waals surface area contributed by atoms with Gasteiger partial charge >= 0.3 is 0 Å². The quantitative estimate of drug-likeness (QED) is 0.740. The molecule has 0 spiro atoms. The van der Waals surface area contributed by atoms with Crippen molar-refractivity contribution in [2.45, 2.75) is 47.1 Å². The molecule has 0 aliphatic heterocycles. The highest BCUT2D eigenvalue weighted by molar-refractivity contribution is 7.80. The first-order valence-electron chi connectivity index (χ1n) is 8.12. The van der Waals surface area contributed by atoms with E-state index in [9.17, 15) is 0 Å². The number of hydrogen-bond acceptors (Lipinski definition) is 1. The second-order valence-corrected chi connectivity index (χ2v) is 6.63. The number of thiocarbonyl (C=S) groups is 1. The van der Waals surface area contributed by atoms with E-state index in [1.54, 1.807) is 0 Å². The second kappa shape index (κ2) is 7.60. The number of aryl methyl sites for hydroxylation is 4. The van der Waals surface area contributed by atoms with Crippen LogP contribution in [0.25, 0.3) is 0 Å².